The van der Waals surface area contributed by atoms with Gasteiger partial charge in [-0.05, 0) is 25.1 Å². The summed E-state index contributed by atoms with van der Waals surface area (Å²) >= 11 is 0. The first-order valence-electron chi connectivity index (χ1n) is 5.81. The van der Waals surface area contributed by atoms with Crippen molar-refractivity contribution < 1.29 is 5.11 Å². The minimum atomic E-state index is -0.00873. The van der Waals surface area contributed by atoms with Gasteiger partial charge in [0.2, 0.25) is 0 Å². The number of hydrogen-bond acceptors (Lipinski definition) is 3. The number of nitrogens with zero attached hydrogens (tertiary/aromatic N) is 3. The lowest BCUT2D eigenvalue weighted by molar-refractivity contribution is 0.281. The topological polar surface area (TPSA) is 50.9 Å². The van der Waals surface area contributed by atoms with Crippen molar-refractivity contribution >= 4 is 11.0 Å². The van der Waals surface area contributed by atoms with Crippen molar-refractivity contribution in [2.45, 2.75) is 13.5 Å². The number of rotatable bonds is 2. The van der Waals surface area contributed by atoms with Crippen LogP contribution in [-0.2, 0) is 6.61 Å². The number of benzene rings is 2. The lowest BCUT2D eigenvalue weighted by atomic mass is 10.1. The van der Waals surface area contributed by atoms with Crippen LogP contribution in [0.25, 0.3) is 16.7 Å². The minimum Gasteiger partial charge on any atom is -0.392 e. The molecule has 3 rings (SSSR count). The Balaban J connectivity index is 2.26. The molecule has 1 heterocycles. The molecule has 0 unspecified atom stereocenters. The molecule has 0 bridgehead atoms. The van der Waals surface area contributed by atoms with E-state index in [1.807, 2.05) is 49.4 Å². The van der Waals surface area contributed by atoms with E-state index < -0.39 is 0 Å². The Morgan fingerprint density at radius 1 is 1.17 bits per heavy atom. The summed E-state index contributed by atoms with van der Waals surface area (Å²) in [6.07, 6.45) is 0. The van der Waals surface area contributed by atoms with E-state index in [0.29, 0.717) is 0 Å². The zero-order chi connectivity index (χ0) is 12.5. The van der Waals surface area contributed by atoms with E-state index in [2.05, 4.69) is 10.3 Å². The molecular weight excluding hydrogens is 226 g/mol. The van der Waals surface area contributed by atoms with Gasteiger partial charge >= 0.3 is 0 Å². The molecule has 4 nitrogen and oxygen atoms in total. The fourth-order valence-electron chi connectivity index (χ4n) is 2.09. The molecule has 4 heteroatoms. The maximum atomic E-state index is 9.45. The molecule has 0 aliphatic rings. The Labute approximate surface area is 104 Å². The third-order valence-electron chi connectivity index (χ3n) is 2.99. The lowest BCUT2D eigenvalue weighted by Gasteiger charge is -2.08. The predicted octanol–water partition coefficient (Wildman–Crippen LogP) is 2.22. The van der Waals surface area contributed by atoms with E-state index in [1.54, 1.807) is 4.68 Å². The second-order valence-electron chi connectivity index (χ2n) is 4.28. The van der Waals surface area contributed by atoms with Crippen molar-refractivity contribution in [2.75, 3.05) is 0 Å². The molecule has 18 heavy (non-hydrogen) atoms. The van der Waals surface area contributed by atoms with Gasteiger partial charge in [-0.15, -0.1) is 5.10 Å². The fraction of sp³-hybridized carbons (Fsp3) is 0.143. The second kappa shape index (κ2) is 4.23. The minimum absolute atomic E-state index is 0.00873. The quantitative estimate of drug-likeness (QED) is 0.746. The van der Waals surface area contributed by atoms with Gasteiger partial charge in [-0.25, -0.2) is 4.68 Å². The van der Waals surface area contributed by atoms with Crippen molar-refractivity contribution in [1.29, 1.82) is 0 Å². The molecular formula is C14H13N3O. The van der Waals surface area contributed by atoms with Crippen LogP contribution >= 0.6 is 0 Å². The van der Waals surface area contributed by atoms with E-state index in [1.165, 1.54) is 0 Å². The number of aliphatic hydroxyl groups is 1. The van der Waals surface area contributed by atoms with Crippen LogP contribution in [-0.4, -0.2) is 20.1 Å². The molecule has 1 aromatic heterocycles. The van der Waals surface area contributed by atoms with Crippen molar-refractivity contribution in [2.24, 2.45) is 0 Å². The zero-order valence-electron chi connectivity index (χ0n) is 10.0. The summed E-state index contributed by atoms with van der Waals surface area (Å²) in [5, 5.41) is 17.7. The highest BCUT2D eigenvalue weighted by Crippen LogP contribution is 2.20. The summed E-state index contributed by atoms with van der Waals surface area (Å²) in [4.78, 5) is 0. The molecule has 0 saturated carbocycles. The van der Waals surface area contributed by atoms with E-state index in [4.69, 9.17) is 0 Å². The van der Waals surface area contributed by atoms with Gasteiger partial charge in [-0.2, -0.15) is 0 Å². The molecule has 0 spiro atoms. The second-order valence-corrected chi connectivity index (χ2v) is 4.28. The fourth-order valence-corrected chi connectivity index (χ4v) is 2.09. The van der Waals surface area contributed by atoms with E-state index in [-0.39, 0.29) is 6.61 Å². The largest absolute Gasteiger partial charge is 0.392 e. The lowest BCUT2D eigenvalue weighted by Crippen LogP contribution is -2.02. The highest BCUT2D eigenvalue weighted by atomic mass is 16.3. The Morgan fingerprint density at radius 3 is 2.83 bits per heavy atom. The van der Waals surface area contributed by atoms with E-state index in [0.717, 1.165) is 27.8 Å². The number of aliphatic hydroxyl groups excluding tert-OH is 1. The van der Waals surface area contributed by atoms with Crippen molar-refractivity contribution in [1.82, 2.24) is 15.0 Å². The first-order chi connectivity index (χ1) is 8.79. The molecule has 0 atom stereocenters. The van der Waals surface area contributed by atoms with Crippen LogP contribution in [0, 0.1) is 6.92 Å². The molecule has 0 fully saturated rings. The Hall–Kier alpha value is -2.20. The molecule has 1 N–H and O–H groups in total. The Bertz CT molecular complexity index is 703. The summed E-state index contributed by atoms with van der Waals surface area (Å²) in [6.45, 7) is 1.99. The summed E-state index contributed by atoms with van der Waals surface area (Å²) in [6, 6.07) is 13.7. The van der Waals surface area contributed by atoms with E-state index in [9.17, 15) is 5.11 Å². The number of fused-ring (bicyclic) bond motifs is 1. The average Bonchev–Trinajstić information content (AvgIpc) is 2.82. The maximum Gasteiger partial charge on any atom is 0.113 e. The molecule has 0 aliphatic heterocycles. The monoisotopic (exact) mass is 239 g/mol. The zero-order valence-corrected chi connectivity index (χ0v) is 10.0. The predicted molar refractivity (Wildman–Crippen MR) is 69.5 cm³/mol. The smallest absolute Gasteiger partial charge is 0.113 e. The summed E-state index contributed by atoms with van der Waals surface area (Å²) in [5.74, 6) is 0. The van der Waals surface area contributed by atoms with Gasteiger partial charge in [0.05, 0.1) is 17.8 Å². The summed E-state index contributed by atoms with van der Waals surface area (Å²) < 4.78 is 1.76. The summed E-state index contributed by atoms with van der Waals surface area (Å²) in [5.41, 5.74) is 4.63. The van der Waals surface area contributed by atoms with Gasteiger partial charge in [0.1, 0.15) is 5.52 Å². The Kier molecular flexibility index (Phi) is 2.57. The van der Waals surface area contributed by atoms with Crippen LogP contribution in [0.5, 0.6) is 0 Å². The standard InChI is InChI=1S/C14H13N3O/c1-10-6-7-13(11(8-10)9-18)17-14-5-3-2-4-12(14)15-16-17/h2-8,18H,9H2,1H3. The van der Waals surface area contributed by atoms with E-state index >= 15 is 0 Å². The van der Waals surface area contributed by atoms with Gasteiger partial charge in [-0.1, -0.05) is 35.0 Å². The first-order valence-corrected chi connectivity index (χ1v) is 5.81. The third-order valence-corrected chi connectivity index (χ3v) is 2.99. The maximum absolute atomic E-state index is 9.45. The SMILES string of the molecule is Cc1ccc(-n2nnc3ccccc32)c(CO)c1. The molecule has 0 radical (unpaired) electrons. The molecule has 2 aromatic carbocycles. The molecule has 0 amide bonds. The van der Waals surface area contributed by atoms with Crippen LogP contribution in [0.1, 0.15) is 11.1 Å². The first kappa shape index (κ1) is 10.9. The number of para-hydroxylation sites is 1. The van der Waals surface area contributed by atoms with Gasteiger partial charge in [0.25, 0.3) is 0 Å². The molecule has 3 aromatic rings. The van der Waals surface area contributed by atoms with Gasteiger partial charge in [-0.3, -0.25) is 0 Å². The van der Waals surface area contributed by atoms with Gasteiger partial charge in [0, 0.05) is 5.56 Å². The molecule has 0 aliphatic carbocycles. The highest BCUT2D eigenvalue weighted by Gasteiger charge is 2.09. The van der Waals surface area contributed by atoms with Crippen LogP contribution in [0.3, 0.4) is 0 Å². The normalized spacial score (nSPS) is 11.0. The van der Waals surface area contributed by atoms with Crippen LogP contribution < -0.4 is 0 Å². The molecule has 0 saturated heterocycles. The Morgan fingerprint density at radius 2 is 2.00 bits per heavy atom. The van der Waals surface area contributed by atoms with Gasteiger partial charge in [0.15, 0.2) is 0 Å². The van der Waals surface area contributed by atoms with Crippen LogP contribution in [0.2, 0.25) is 0 Å². The third kappa shape index (κ3) is 1.67. The number of hydrogen-bond donors (Lipinski definition) is 1. The van der Waals surface area contributed by atoms with Gasteiger partial charge < -0.3 is 5.11 Å². The van der Waals surface area contributed by atoms with Crippen molar-refractivity contribution in [3.63, 3.8) is 0 Å². The number of aromatic nitrogens is 3. The average molecular weight is 239 g/mol. The summed E-state index contributed by atoms with van der Waals surface area (Å²) in [7, 11) is 0. The van der Waals surface area contributed by atoms with Crippen LogP contribution in [0.15, 0.2) is 42.5 Å². The van der Waals surface area contributed by atoms with Crippen LogP contribution in [0.4, 0.5) is 0 Å². The van der Waals surface area contributed by atoms with Crippen molar-refractivity contribution in [3.8, 4) is 5.69 Å². The highest BCUT2D eigenvalue weighted by molar-refractivity contribution is 5.76. The van der Waals surface area contributed by atoms with Crippen molar-refractivity contribution in [3.05, 3.63) is 53.6 Å². The number of aryl methyl sites for hydroxylation is 1. The molecule has 90 valence electrons.